The van der Waals surface area contributed by atoms with E-state index in [1.165, 1.54) is 18.4 Å². The van der Waals surface area contributed by atoms with Crippen molar-refractivity contribution in [2.24, 2.45) is 0 Å². The van der Waals surface area contributed by atoms with Gasteiger partial charge in [-0.2, -0.15) is 0 Å². The highest BCUT2D eigenvalue weighted by molar-refractivity contribution is 5.96. The van der Waals surface area contributed by atoms with Crippen molar-refractivity contribution in [1.29, 1.82) is 0 Å². The molecular formula is C24H26N2O6. The number of carbonyl (C=O) groups is 2. The molecule has 0 saturated carbocycles. The standard InChI is InChI=1S/C24H26N2O6/c1-4-32-14-19-25-21(24(2,3)31)20(23(29)30)26(19)13-15-9-11-16(12-10-15)17-7-5-6-8-18(17)22(27)28/h5-12,31H,4,13-14H2,1-3H3,(H,27,28)(H,29,30). The number of nitrogens with zero attached hydrogens (tertiary/aromatic N) is 2. The summed E-state index contributed by atoms with van der Waals surface area (Å²) in [6, 6.07) is 14.0. The van der Waals surface area contributed by atoms with Gasteiger partial charge in [0.15, 0.2) is 5.69 Å². The van der Waals surface area contributed by atoms with E-state index in [1.807, 2.05) is 19.1 Å². The van der Waals surface area contributed by atoms with Crippen LogP contribution in [0.25, 0.3) is 11.1 Å². The van der Waals surface area contributed by atoms with Gasteiger partial charge in [0, 0.05) is 13.2 Å². The van der Waals surface area contributed by atoms with Gasteiger partial charge < -0.3 is 24.6 Å². The Kier molecular flexibility index (Phi) is 6.76. The summed E-state index contributed by atoms with van der Waals surface area (Å²) in [4.78, 5) is 27.9. The fourth-order valence-corrected chi connectivity index (χ4v) is 3.51. The summed E-state index contributed by atoms with van der Waals surface area (Å²) in [6.45, 7) is 5.56. The predicted molar refractivity (Wildman–Crippen MR) is 118 cm³/mol. The molecule has 0 unspecified atom stereocenters. The van der Waals surface area contributed by atoms with E-state index in [0.717, 1.165) is 11.1 Å². The van der Waals surface area contributed by atoms with E-state index in [4.69, 9.17) is 4.74 Å². The Bertz CT molecular complexity index is 1130. The van der Waals surface area contributed by atoms with Gasteiger partial charge in [0.05, 0.1) is 5.56 Å². The molecule has 0 amide bonds. The molecule has 3 aromatic rings. The fourth-order valence-electron chi connectivity index (χ4n) is 3.51. The topological polar surface area (TPSA) is 122 Å². The molecule has 0 fully saturated rings. The second kappa shape index (κ2) is 9.33. The molecular weight excluding hydrogens is 412 g/mol. The molecule has 0 bridgehead atoms. The van der Waals surface area contributed by atoms with Crippen LogP contribution in [0.3, 0.4) is 0 Å². The van der Waals surface area contributed by atoms with Gasteiger partial charge in [0.2, 0.25) is 0 Å². The molecule has 1 heterocycles. The molecule has 0 radical (unpaired) electrons. The monoisotopic (exact) mass is 438 g/mol. The maximum Gasteiger partial charge on any atom is 0.354 e. The van der Waals surface area contributed by atoms with Crippen molar-refractivity contribution in [3.63, 3.8) is 0 Å². The lowest BCUT2D eigenvalue weighted by molar-refractivity contribution is 0.0602. The van der Waals surface area contributed by atoms with Crippen LogP contribution in [0.15, 0.2) is 48.5 Å². The summed E-state index contributed by atoms with van der Waals surface area (Å²) < 4.78 is 6.99. The maximum atomic E-state index is 12.0. The van der Waals surface area contributed by atoms with Gasteiger partial charge in [-0.15, -0.1) is 0 Å². The maximum absolute atomic E-state index is 12.0. The average Bonchev–Trinajstić information content (AvgIpc) is 3.11. The van der Waals surface area contributed by atoms with Gasteiger partial charge in [-0.1, -0.05) is 42.5 Å². The smallest absolute Gasteiger partial charge is 0.354 e. The largest absolute Gasteiger partial charge is 0.478 e. The van der Waals surface area contributed by atoms with Crippen LogP contribution in [-0.4, -0.2) is 43.4 Å². The summed E-state index contributed by atoms with van der Waals surface area (Å²) in [5.41, 5.74) is 0.881. The normalized spacial score (nSPS) is 11.5. The third kappa shape index (κ3) is 4.87. The van der Waals surface area contributed by atoms with E-state index in [2.05, 4.69) is 4.98 Å². The van der Waals surface area contributed by atoms with Gasteiger partial charge in [0.1, 0.15) is 23.7 Å². The minimum atomic E-state index is -1.44. The van der Waals surface area contributed by atoms with Crippen LogP contribution in [0, 0.1) is 0 Å². The Labute approximate surface area is 185 Å². The summed E-state index contributed by atoms with van der Waals surface area (Å²) in [6.07, 6.45) is 0. The minimum absolute atomic E-state index is 0.0757. The predicted octanol–water partition coefficient (Wildman–Crippen LogP) is 3.76. The molecule has 0 atom stereocenters. The van der Waals surface area contributed by atoms with E-state index in [9.17, 15) is 24.9 Å². The Morgan fingerprint density at radius 2 is 1.69 bits per heavy atom. The Balaban J connectivity index is 2.01. The first kappa shape index (κ1) is 23.2. The van der Waals surface area contributed by atoms with Gasteiger partial charge in [0.25, 0.3) is 0 Å². The molecule has 0 spiro atoms. The zero-order valence-corrected chi connectivity index (χ0v) is 18.2. The molecule has 0 saturated heterocycles. The first-order valence-corrected chi connectivity index (χ1v) is 10.2. The number of aliphatic hydroxyl groups is 1. The second-order valence-electron chi connectivity index (χ2n) is 7.86. The van der Waals surface area contributed by atoms with Crippen molar-refractivity contribution >= 4 is 11.9 Å². The molecule has 0 aliphatic rings. The summed E-state index contributed by atoms with van der Waals surface area (Å²) in [5, 5.41) is 29.7. The number of carboxylic acids is 2. The molecule has 168 valence electrons. The number of imidazole rings is 1. The highest BCUT2D eigenvalue weighted by Crippen LogP contribution is 2.27. The zero-order chi connectivity index (χ0) is 23.5. The number of rotatable bonds is 9. The van der Waals surface area contributed by atoms with Crippen LogP contribution >= 0.6 is 0 Å². The highest BCUT2D eigenvalue weighted by Gasteiger charge is 2.31. The van der Waals surface area contributed by atoms with E-state index < -0.39 is 17.5 Å². The number of benzene rings is 2. The fraction of sp³-hybridized carbons (Fsp3) is 0.292. The average molecular weight is 438 g/mol. The summed E-state index contributed by atoms with van der Waals surface area (Å²) in [7, 11) is 0. The van der Waals surface area contributed by atoms with Crippen LogP contribution in [0.4, 0.5) is 0 Å². The molecule has 8 nitrogen and oxygen atoms in total. The molecule has 2 aromatic carbocycles. The second-order valence-corrected chi connectivity index (χ2v) is 7.86. The number of carboxylic acid groups (broad SMARTS) is 2. The van der Waals surface area contributed by atoms with Gasteiger partial charge >= 0.3 is 11.9 Å². The van der Waals surface area contributed by atoms with Crippen molar-refractivity contribution in [2.75, 3.05) is 6.61 Å². The third-order valence-corrected chi connectivity index (χ3v) is 5.03. The van der Waals surface area contributed by atoms with Crippen molar-refractivity contribution in [1.82, 2.24) is 9.55 Å². The van der Waals surface area contributed by atoms with Gasteiger partial charge in [-0.05, 0) is 43.5 Å². The number of ether oxygens (including phenoxy) is 1. The molecule has 32 heavy (non-hydrogen) atoms. The lowest BCUT2D eigenvalue weighted by Gasteiger charge is -2.16. The first-order chi connectivity index (χ1) is 15.1. The first-order valence-electron chi connectivity index (χ1n) is 10.2. The summed E-state index contributed by atoms with van der Waals surface area (Å²) >= 11 is 0. The van der Waals surface area contributed by atoms with E-state index in [0.29, 0.717) is 18.0 Å². The Morgan fingerprint density at radius 3 is 2.25 bits per heavy atom. The molecule has 0 aliphatic carbocycles. The Morgan fingerprint density at radius 1 is 1.03 bits per heavy atom. The van der Waals surface area contributed by atoms with Crippen molar-refractivity contribution in [3.8, 4) is 11.1 Å². The van der Waals surface area contributed by atoms with Crippen LogP contribution in [-0.2, 0) is 23.5 Å². The zero-order valence-electron chi connectivity index (χ0n) is 18.2. The van der Waals surface area contributed by atoms with E-state index in [-0.39, 0.29) is 30.1 Å². The summed E-state index contributed by atoms with van der Waals surface area (Å²) in [5.74, 6) is -1.79. The Hall–Kier alpha value is -3.49. The number of hydrogen-bond donors (Lipinski definition) is 3. The minimum Gasteiger partial charge on any atom is -0.478 e. The van der Waals surface area contributed by atoms with Crippen molar-refractivity contribution < 1.29 is 29.6 Å². The van der Waals surface area contributed by atoms with Crippen molar-refractivity contribution in [2.45, 2.75) is 39.5 Å². The number of aromatic nitrogens is 2. The quantitative estimate of drug-likeness (QED) is 0.465. The molecule has 0 aliphatic heterocycles. The van der Waals surface area contributed by atoms with Crippen LogP contribution in [0.2, 0.25) is 0 Å². The van der Waals surface area contributed by atoms with Gasteiger partial charge in [-0.25, -0.2) is 14.6 Å². The SMILES string of the molecule is CCOCc1nc(C(C)(C)O)c(C(=O)O)n1Cc1ccc(-c2ccccc2C(=O)O)cc1. The van der Waals surface area contributed by atoms with E-state index >= 15 is 0 Å². The number of hydrogen-bond acceptors (Lipinski definition) is 5. The van der Waals surface area contributed by atoms with E-state index in [1.54, 1.807) is 36.4 Å². The van der Waals surface area contributed by atoms with Crippen LogP contribution in [0.1, 0.15) is 58.7 Å². The van der Waals surface area contributed by atoms with Crippen LogP contribution < -0.4 is 0 Å². The highest BCUT2D eigenvalue weighted by atomic mass is 16.5. The van der Waals surface area contributed by atoms with Crippen LogP contribution in [0.5, 0.6) is 0 Å². The van der Waals surface area contributed by atoms with Gasteiger partial charge in [-0.3, -0.25) is 0 Å². The van der Waals surface area contributed by atoms with Crippen molar-refractivity contribution in [3.05, 3.63) is 76.9 Å². The molecule has 3 N–H and O–H groups in total. The third-order valence-electron chi connectivity index (χ3n) is 5.03. The number of aromatic carboxylic acids is 2. The molecule has 3 rings (SSSR count). The lowest BCUT2D eigenvalue weighted by Crippen LogP contribution is -2.22. The molecule has 1 aromatic heterocycles. The molecule has 8 heteroatoms. The lowest BCUT2D eigenvalue weighted by atomic mass is 9.98.